The number of benzene rings is 1. The van der Waals surface area contributed by atoms with Gasteiger partial charge in [-0.2, -0.15) is 0 Å². The standard InChI is InChI=1S/C17H13NS.C7H7N5O/c1-3-12-10-15-17(13(4-2)11-19-15)18-16(12)14-8-6-5-7-9-14;8-5-4(6(9)13)7-10-2-1-3-12(7)11-5/h2,5-11H,3H2,1H3;1-3H,(H2,8,11)(H2,9,13). The third kappa shape index (κ3) is 3.89. The molecular formula is C24H20N6OS. The average Bonchev–Trinajstić information content (AvgIpc) is 3.38. The van der Waals surface area contributed by atoms with Gasteiger partial charge in [0.05, 0.1) is 21.5 Å². The van der Waals surface area contributed by atoms with Crippen molar-refractivity contribution in [1.82, 2.24) is 19.6 Å². The van der Waals surface area contributed by atoms with Gasteiger partial charge in [0.1, 0.15) is 5.56 Å². The number of hydrogen-bond donors (Lipinski definition) is 2. The number of aryl methyl sites for hydroxylation is 1. The normalized spacial score (nSPS) is 10.5. The number of nitrogens with two attached hydrogens (primary N) is 2. The van der Waals surface area contributed by atoms with E-state index in [9.17, 15) is 4.79 Å². The molecule has 0 radical (unpaired) electrons. The number of pyridine rings is 1. The number of hydrogen-bond acceptors (Lipinski definition) is 6. The van der Waals surface area contributed by atoms with Crippen molar-refractivity contribution in [2.75, 3.05) is 5.73 Å². The van der Waals surface area contributed by atoms with Gasteiger partial charge in [-0.3, -0.25) is 4.79 Å². The summed E-state index contributed by atoms with van der Waals surface area (Å²) >= 11 is 1.67. The van der Waals surface area contributed by atoms with Crippen LogP contribution in [0.4, 0.5) is 5.82 Å². The minimum Gasteiger partial charge on any atom is -0.381 e. The second-order valence-electron chi connectivity index (χ2n) is 6.87. The van der Waals surface area contributed by atoms with E-state index in [0.717, 1.165) is 28.8 Å². The lowest BCUT2D eigenvalue weighted by Crippen LogP contribution is -2.12. The van der Waals surface area contributed by atoms with Crippen molar-refractivity contribution in [3.05, 3.63) is 76.9 Å². The first-order valence-electron chi connectivity index (χ1n) is 9.85. The molecule has 1 amide bonds. The summed E-state index contributed by atoms with van der Waals surface area (Å²) in [5.74, 6) is 2.20. The lowest BCUT2D eigenvalue weighted by molar-refractivity contribution is 0.100. The molecule has 0 atom stereocenters. The molecule has 5 rings (SSSR count). The van der Waals surface area contributed by atoms with Crippen LogP contribution >= 0.6 is 11.3 Å². The highest BCUT2D eigenvalue weighted by atomic mass is 32.1. The minimum atomic E-state index is -0.619. The largest absolute Gasteiger partial charge is 0.381 e. The van der Waals surface area contributed by atoms with E-state index >= 15 is 0 Å². The number of anilines is 1. The molecule has 0 aliphatic rings. The minimum absolute atomic E-state index is 0.103. The summed E-state index contributed by atoms with van der Waals surface area (Å²) in [7, 11) is 0. The quantitative estimate of drug-likeness (QED) is 0.413. The molecule has 0 aliphatic carbocycles. The zero-order valence-corrected chi connectivity index (χ0v) is 18.1. The molecule has 0 saturated heterocycles. The van der Waals surface area contributed by atoms with Gasteiger partial charge in [-0.15, -0.1) is 22.9 Å². The number of carbonyl (C=O) groups is 1. The molecule has 8 heteroatoms. The van der Waals surface area contributed by atoms with Gasteiger partial charge in [-0.1, -0.05) is 43.2 Å². The van der Waals surface area contributed by atoms with Crippen LogP contribution in [0.25, 0.3) is 27.1 Å². The number of amides is 1. The van der Waals surface area contributed by atoms with E-state index in [1.165, 1.54) is 14.8 Å². The summed E-state index contributed by atoms with van der Waals surface area (Å²) < 4.78 is 2.58. The van der Waals surface area contributed by atoms with Crippen LogP contribution in [0, 0.1) is 12.3 Å². The predicted octanol–water partition coefficient (Wildman–Crippen LogP) is 3.92. The van der Waals surface area contributed by atoms with Gasteiger partial charge < -0.3 is 11.5 Å². The number of primary amides is 1. The van der Waals surface area contributed by atoms with Gasteiger partial charge in [-0.05, 0) is 24.1 Å². The molecule has 4 aromatic heterocycles. The lowest BCUT2D eigenvalue weighted by atomic mass is 10.0. The van der Waals surface area contributed by atoms with Gasteiger partial charge >= 0.3 is 0 Å². The Morgan fingerprint density at radius 3 is 2.72 bits per heavy atom. The van der Waals surface area contributed by atoms with Crippen molar-refractivity contribution >= 4 is 38.9 Å². The first-order chi connectivity index (χ1) is 15.5. The van der Waals surface area contributed by atoms with Gasteiger partial charge in [0, 0.05) is 23.3 Å². The monoisotopic (exact) mass is 440 g/mol. The maximum absolute atomic E-state index is 10.9. The third-order valence-electron chi connectivity index (χ3n) is 4.88. The molecular weight excluding hydrogens is 420 g/mol. The van der Waals surface area contributed by atoms with Gasteiger partial charge in [0.2, 0.25) is 0 Å². The van der Waals surface area contributed by atoms with Crippen LogP contribution < -0.4 is 11.5 Å². The molecule has 0 spiro atoms. The number of rotatable bonds is 3. The second kappa shape index (κ2) is 8.88. The molecule has 0 fully saturated rings. The van der Waals surface area contributed by atoms with E-state index in [2.05, 4.69) is 41.1 Å². The van der Waals surface area contributed by atoms with Crippen molar-refractivity contribution in [3.63, 3.8) is 0 Å². The van der Waals surface area contributed by atoms with Crippen LogP contribution in [0.1, 0.15) is 28.4 Å². The molecule has 7 nitrogen and oxygen atoms in total. The zero-order chi connectivity index (χ0) is 22.7. The van der Waals surface area contributed by atoms with Gasteiger partial charge in [0.15, 0.2) is 11.5 Å². The summed E-state index contributed by atoms with van der Waals surface area (Å²) in [6.07, 6.45) is 9.69. The van der Waals surface area contributed by atoms with Crippen molar-refractivity contribution in [1.29, 1.82) is 0 Å². The van der Waals surface area contributed by atoms with E-state index < -0.39 is 5.91 Å². The fourth-order valence-corrected chi connectivity index (χ4v) is 4.25. The number of thiophene rings is 1. The van der Waals surface area contributed by atoms with E-state index in [1.54, 1.807) is 29.8 Å². The number of nitrogen functional groups attached to an aromatic ring is 1. The Bertz CT molecular complexity index is 1460. The molecule has 4 N–H and O–H groups in total. The van der Waals surface area contributed by atoms with Crippen LogP contribution in [-0.2, 0) is 6.42 Å². The summed E-state index contributed by atoms with van der Waals surface area (Å²) in [6.45, 7) is 2.16. The highest BCUT2D eigenvalue weighted by Crippen LogP contribution is 2.30. The number of carbonyl (C=O) groups excluding carboxylic acids is 1. The van der Waals surface area contributed by atoms with Crippen LogP contribution in [0.5, 0.6) is 0 Å². The fraction of sp³-hybridized carbons (Fsp3) is 0.0833. The molecule has 32 heavy (non-hydrogen) atoms. The molecule has 0 aliphatic heterocycles. The van der Waals surface area contributed by atoms with E-state index in [4.69, 9.17) is 22.9 Å². The topological polar surface area (TPSA) is 112 Å². The summed E-state index contributed by atoms with van der Waals surface area (Å²) in [5, 5.41) is 5.87. The Morgan fingerprint density at radius 1 is 1.25 bits per heavy atom. The van der Waals surface area contributed by atoms with Crippen molar-refractivity contribution in [3.8, 4) is 23.6 Å². The maximum atomic E-state index is 10.9. The number of aromatic nitrogens is 4. The number of terminal acetylenes is 1. The van der Waals surface area contributed by atoms with Crippen LogP contribution in [0.15, 0.2) is 60.2 Å². The van der Waals surface area contributed by atoms with Crippen LogP contribution in [0.3, 0.4) is 0 Å². The zero-order valence-electron chi connectivity index (χ0n) is 17.3. The Kier molecular flexibility index (Phi) is 5.83. The molecule has 0 unspecified atom stereocenters. The number of fused-ring (bicyclic) bond motifs is 2. The lowest BCUT2D eigenvalue weighted by Gasteiger charge is -2.07. The molecule has 158 valence electrons. The summed E-state index contributed by atoms with van der Waals surface area (Å²) in [6, 6.07) is 14.2. The Hall–Kier alpha value is -4.22. The van der Waals surface area contributed by atoms with E-state index in [1.807, 2.05) is 23.6 Å². The maximum Gasteiger partial charge on any atom is 0.256 e. The smallest absolute Gasteiger partial charge is 0.256 e. The van der Waals surface area contributed by atoms with Gasteiger partial charge in [-0.25, -0.2) is 14.5 Å². The van der Waals surface area contributed by atoms with Crippen LogP contribution in [-0.4, -0.2) is 25.5 Å². The highest BCUT2D eigenvalue weighted by molar-refractivity contribution is 7.17. The average molecular weight is 441 g/mol. The predicted molar refractivity (Wildman–Crippen MR) is 128 cm³/mol. The van der Waals surface area contributed by atoms with Crippen molar-refractivity contribution < 1.29 is 4.79 Å². The Labute approximate surface area is 188 Å². The van der Waals surface area contributed by atoms with Crippen LogP contribution in [0.2, 0.25) is 0 Å². The molecule has 0 bridgehead atoms. The number of nitrogens with zero attached hydrogens (tertiary/aromatic N) is 4. The summed E-state index contributed by atoms with van der Waals surface area (Å²) in [5.41, 5.74) is 16.4. The Morgan fingerprint density at radius 2 is 2.03 bits per heavy atom. The SMILES string of the molecule is C#Cc1csc2cc(CC)c(-c3ccccc3)nc12.NC(=O)c1c(N)nn2cccnc12. The molecule has 1 aromatic carbocycles. The third-order valence-corrected chi connectivity index (χ3v) is 5.80. The van der Waals surface area contributed by atoms with Crippen molar-refractivity contribution in [2.24, 2.45) is 5.73 Å². The highest BCUT2D eigenvalue weighted by Gasteiger charge is 2.15. The van der Waals surface area contributed by atoms with Crippen molar-refractivity contribution in [2.45, 2.75) is 13.3 Å². The first-order valence-corrected chi connectivity index (χ1v) is 10.7. The summed E-state index contributed by atoms with van der Waals surface area (Å²) in [4.78, 5) is 19.7. The Balaban J connectivity index is 0.000000165. The molecule has 4 heterocycles. The molecule has 5 aromatic rings. The van der Waals surface area contributed by atoms with Gasteiger partial charge in [0.25, 0.3) is 5.91 Å². The van der Waals surface area contributed by atoms with E-state index in [0.29, 0.717) is 5.65 Å². The van der Waals surface area contributed by atoms with E-state index in [-0.39, 0.29) is 11.4 Å². The second-order valence-corrected chi connectivity index (χ2v) is 7.78. The fourth-order valence-electron chi connectivity index (χ4n) is 3.35. The molecule has 0 saturated carbocycles. The first kappa shape index (κ1) is 21.0.